The third-order valence-corrected chi connectivity index (χ3v) is 7.01. The van der Waals surface area contributed by atoms with Crippen LogP contribution in [-0.2, 0) is 28.5 Å². The van der Waals surface area contributed by atoms with Crippen LogP contribution in [-0.4, -0.2) is 92.8 Å². The predicted octanol–water partition coefficient (Wildman–Crippen LogP) is -0.268. The molecule has 0 bridgehead atoms. The maximum Gasteiger partial charge on any atom is 0.334 e. The van der Waals surface area contributed by atoms with Gasteiger partial charge in [-0.1, -0.05) is 12.1 Å². The zero-order valence-electron chi connectivity index (χ0n) is 19.7. The molecule has 1 saturated carbocycles. The molecule has 12 nitrogen and oxygen atoms in total. The summed E-state index contributed by atoms with van der Waals surface area (Å²) in [6, 6.07) is 6.22. The highest BCUT2D eigenvalue weighted by molar-refractivity contribution is 5.87. The third kappa shape index (κ3) is 5.95. The lowest BCUT2D eigenvalue weighted by Crippen LogP contribution is -2.60. The molecule has 6 N–H and O–H groups in total. The summed E-state index contributed by atoms with van der Waals surface area (Å²) in [7, 11) is 0. The van der Waals surface area contributed by atoms with Gasteiger partial charge in [-0.05, 0) is 36.6 Å². The van der Waals surface area contributed by atoms with Gasteiger partial charge in [-0.15, -0.1) is 0 Å². The number of carbonyl (C=O) groups is 2. The number of benzene rings is 1. The molecule has 12 heteroatoms. The molecule has 37 heavy (non-hydrogen) atoms. The van der Waals surface area contributed by atoms with Crippen molar-refractivity contribution in [2.75, 3.05) is 13.2 Å². The number of aliphatic hydroxyl groups is 4. The van der Waals surface area contributed by atoms with Crippen LogP contribution in [0.1, 0.15) is 18.4 Å². The molecule has 0 spiro atoms. The molecule has 1 saturated heterocycles. The summed E-state index contributed by atoms with van der Waals surface area (Å²) in [5.74, 6) is -3.10. The monoisotopic (exact) mass is 522 g/mol. The number of carboxylic acids is 1. The number of aromatic hydroxyl groups is 1. The van der Waals surface area contributed by atoms with E-state index in [1.807, 2.05) is 0 Å². The van der Waals surface area contributed by atoms with Crippen molar-refractivity contribution < 1.29 is 59.2 Å². The highest BCUT2D eigenvalue weighted by Crippen LogP contribution is 2.47. The van der Waals surface area contributed by atoms with E-state index in [2.05, 4.69) is 0 Å². The Kier molecular flexibility index (Phi) is 8.47. The van der Waals surface area contributed by atoms with Crippen molar-refractivity contribution in [3.63, 3.8) is 0 Å². The molecule has 1 aliphatic carbocycles. The van der Waals surface area contributed by atoms with Crippen molar-refractivity contribution in [2.45, 2.75) is 49.8 Å². The van der Waals surface area contributed by atoms with Gasteiger partial charge in [-0.3, -0.25) is 0 Å². The van der Waals surface area contributed by atoms with Crippen LogP contribution in [0, 0.1) is 17.8 Å². The molecule has 2 fully saturated rings. The van der Waals surface area contributed by atoms with Gasteiger partial charge in [-0.2, -0.15) is 0 Å². The number of carboxylic acid groups (broad SMARTS) is 1. The van der Waals surface area contributed by atoms with Gasteiger partial charge in [0.25, 0.3) is 0 Å². The van der Waals surface area contributed by atoms with Crippen molar-refractivity contribution >= 4 is 18.0 Å². The zero-order chi connectivity index (χ0) is 26.7. The Labute approximate surface area is 212 Å². The summed E-state index contributed by atoms with van der Waals surface area (Å²) < 4.78 is 22.2. The summed E-state index contributed by atoms with van der Waals surface area (Å²) in [5, 5.41) is 58.8. The number of hydrogen-bond donors (Lipinski definition) is 6. The van der Waals surface area contributed by atoms with Crippen molar-refractivity contribution in [1.29, 1.82) is 0 Å². The number of esters is 1. The van der Waals surface area contributed by atoms with Crippen molar-refractivity contribution in [3.05, 3.63) is 47.7 Å². The number of hydrogen-bond acceptors (Lipinski definition) is 11. The Hall–Kier alpha value is -3.00. The van der Waals surface area contributed by atoms with Gasteiger partial charge < -0.3 is 49.6 Å². The van der Waals surface area contributed by atoms with Gasteiger partial charge in [0.1, 0.15) is 30.2 Å². The third-order valence-electron chi connectivity index (χ3n) is 7.01. The molecule has 0 aromatic heterocycles. The second kappa shape index (κ2) is 11.6. The summed E-state index contributed by atoms with van der Waals surface area (Å²) in [5.41, 5.74) is 0.722. The highest BCUT2D eigenvalue weighted by atomic mass is 16.8. The van der Waals surface area contributed by atoms with Crippen LogP contribution in [0.5, 0.6) is 5.75 Å². The van der Waals surface area contributed by atoms with Crippen molar-refractivity contribution in [1.82, 2.24) is 0 Å². The fourth-order valence-corrected chi connectivity index (χ4v) is 5.03. The lowest BCUT2D eigenvalue weighted by molar-refractivity contribution is -0.342. The van der Waals surface area contributed by atoms with Gasteiger partial charge in [0.2, 0.25) is 6.29 Å². The van der Waals surface area contributed by atoms with Crippen molar-refractivity contribution in [2.24, 2.45) is 17.8 Å². The number of carbonyl (C=O) groups excluding carboxylic acids is 1. The molecule has 0 unspecified atom stereocenters. The Morgan fingerprint density at radius 2 is 1.76 bits per heavy atom. The van der Waals surface area contributed by atoms with Crippen LogP contribution >= 0.6 is 0 Å². The number of aliphatic carboxylic acids is 1. The van der Waals surface area contributed by atoms with E-state index in [9.17, 15) is 40.2 Å². The van der Waals surface area contributed by atoms with Gasteiger partial charge in [0.15, 0.2) is 6.29 Å². The highest BCUT2D eigenvalue weighted by Gasteiger charge is 2.52. The van der Waals surface area contributed by atoms with Gasteiger partial charge in [0, 0.05) is 23.8 Å². The van der Waals surface area contributed by atoms with Crippen LogP contribution in [0.2, 0.25) is 0 Å². The molecule has 0 radical (unpaired) electrons. The SMILES string of the molecule is O=C(/C=C/c1ccc(O)cc1)OC[C@H]1CC[C@@H]2C(C(=O)O)=CO[C@@H](O[C@@H]3O[C@H](CO)[C@@H](O)[C@H](O)[C@H]3O)[C@H]12. The smallest absolute Gasteiger partial charge is 0.334 e. The minimum Gasteiger partial charge on any atom is -0.508 e. The Bertz CT molecular complexity index is 1020. The van der Waals surface area contributed by atoms with E-state index in [-0.39, 0.29) is 23.8 Å². The Morgan fingerprint density at radius 3 is 2.43 bits per heavy atom. The maximum atomic E-state index is 12.3. The molecule has 0 amide bonds. The van der Waals surface area contributed by atoms with Crippen molar-refractivity contribution in [3.8, 4) is 5.75 Å². The van der Waals surface area contributed by atoms with Crippen LogP contribution in [0.25, 0.3) is 6.08 Å². The second-order valence-corrected chi connectivity index (χ2v) is 9.29. The topological polar surface area (TPSA) is 192 Å². The number of phenols is 1. The first kappa shape index (κ1) is 27.0. The molecule has 4 rings (SSSR count). The molecule has 202 valence electrons. The average Bonchev–Trinajstić information content (AvgIpc) is 3.31. The average molecular weight is 523 g/mol. The van der Waals surface area contributed by atoms with Gasteiger partial charge in [0.05, 0.1) is 25.0 Å². The largest absolute Gasteiger partial charge is 0.508 e. The molecule has 1 aromatic carbocycles. The van der Waals surface area contributed by atoms with Crippen LogP contribution in [0.4, 0.5) is 0 Å². The number of ether oxygens (including phenoxy) is 4. The van der Waals surface area contributed by atoms with Crippen LogP contribution in [0.3, 0.4) is 0 Å². The summed E-state index contributed by atoms with van der Waals surface area (Å²) in [4.78, 5) is 24.1. The van der Waals surface area contributed by atoms with E-state index >= 15 is 0 Å². The Morgan fingerprint density at radius 1 is 1.03 bits per heavy atom. The van der Waals surface area contributed by atoms with Crippen LogP contribution in [0.15, 0.2) is 42.2 Å². The normalized spacial score (nSPS) is 35.5. The van der Waals surface area contributed by atoms with Gasteiger partial charge >= 0.3 is 11.9 Å². The summed E-state index contributed by atoms with van der Waals surface area (Å²) >= 11 is 0. The molecule has 2 aliphatic heterocycles. The number of rotatable bonds is 8. The molecular weight excluding hydrogens is 492 g/mol. The van der Waals surface area contributed by atoms with E-state index in [4.69, 9.17) is 18.9 Å². The summed E-state index contributed by atoms with van der Waals surface area (Å²) in [6.07, 6.45) is -3.84. The number of fused-ring (bicyclic) bond motifs is 1. The van der Waals surface area contributed by atoms with Crippen LogP contribution < -0.4 is 0 Å². The molecule has 1 aromatic rings. The lowest BCUT2D eigenvalue weighted by atomic mass is 9.83. The first-order valence-corrected chi connectivity index (χ1v) is 11.9. The van der Waals surface area contributed by atoms with E-state index in [0.717, 1.165) is 6.26 Å². The maximum absolute atomic E-state index is 12.3. The predicted molar refractivity (Wildman–Crippen MR) is 123 cm³/mol. The second-order valence-electron chi connectivity index (χ2n) is 9.29. The first-order chi connectivity index (χ1) is 17.7. The summed E-state index contributed by atoms with van der Waals surface area (Å²) in [6.45, 7) is -0.688. The minimum atomic E-state index is -1.66. The van der Waals surface area contributed by atoms with E-state index in [1.165, 1.54) is 24.3 Å². The Balaban J connectivity index is 1.44. The quantitative estimate of drug-likeness (QED) is 0.194. The molecule has 3 aliphatic rings. The van der Waals surface area contributed by atoms with E-state index in [0.29, 0.717) is 18.4 Å². The van der Waals surface area contributed by atoms with E-state index in [1.54, 1.807) is 12.1 Å². The molecule has 2 heterocycles. The minimum absolute atomic E-state index is 0.0414. The van der Waals surface area contributed by atoms with E-state index < -0.39 is 67.4 Å². The van der Waals surface area contributed by atoms with Gasteiger partial charge in [-0.25, -0.2) is 9.59 Å². The zero-order valence-corrected chi connectivity index (χ0v) is 19.7. The number of aliphatic hydroxyl groups excluding tert-OH is 4. The fraction of sp³-hybridized carbons (Fsp3) is 0.520. The number of phenolic OH excluding ortho intramolecular Hbond substituents is 1. The lowest BCUT2D eigenvalue weighted by Gasteiger charge is -2.43. The molecule has 9 atom stereocenters. The fourth-order valence-electron chi connectivity index (χ4n) is 5.03. The first-order valence-electron chi connectivity index (χ1n) is 11.9. The standard InChI is InChI=1S/C25H30O12/c26-9-17-20(29)21(30)22(31)25(36-17)37-24-19-13(4-7-15(19)16(11-35-24)23(32)33)10-34-18(28)8-3-12-1-5-14(27)6-2-12/h1-3,5-6,8,11,13,15,17,19-22,24-27,29-31H,4,7,9-10H2,(H,32,33)/b8-3+/t13-,15-,17-,19-,20-,21+,22-,24+,25+/m1/s1. The molecular formula is C25H30O12.